The van der Waals surface area contributed by atoms with Crippen LogP contribution >= 0.6 is 39.1 Å². The first-order chi connectivity index (χ1) is 17.1. The quantitative estimate of drug-likeness (QED) is 0.268. The van der Waals surface area contributed by atoms with Crippen molar-refractivity contribution in [1.29, 1.82) is 0 Å². The van der Waals surface area contributed by atoms with Crippen molar-refractivity contribution in [1.82, 2.24) is 14.3 Å². The second-order valence-corrected chi connectivity index (χ2v) is 11.4. The third-order valence-corrected chi connectivity index (χ3v) is 8.23. The zero-order valence-electron chi connectivity index (χ0n) is 18.8. The molecule has 7 nitrogen and oxygen atoms in total. The van der Waals surface area contributed by atoms with Crippen LogP contribution in [0, 0.1) is 0 Å². The van der Waals surface area contributed by atoms with E-state index in [-0.39, 0.29) is 5.70 Å². The summed E-state index contributed by atoms with van der Waals surface area (Å²) in [5.41, 5.74) is 3.87. The number of allylic oxidation sites excluding steroid dienone is 1. The van der Waals surface area contributed by atoms with Crippen molar-refractivity contribution < 1.29 is 13.5 Å². The summed E-state index contributed by atoms with van der Waals surface area (Å²) >= 11 is 16.0. The van der Waals surface area contributed by atoms with Gasteiger partial charge in [0.25, 0.3) is 0 Å². The molecular formula is C25H19BrCl2N4O3S. The summed E-state index contributed by atoms with van der Waals surface area (Å²) in [4.78, 5) is 4.88. The first-order valence-corrected chi connectivity index (χ1v) is 13.7. The molecule has 1 aliphatic heterocycles. The van der Waals surface area contributed by atoms with Crippen molar-refractivity contribution in [2.24, 2.45) is 0 Å². The predicted molar refractivity (Wildman–Crippen MR) is 146 cm³/mol. The Morgan fingerprint density at radius 2 is 1.67 bits per heavy atom. The number of rotatable bonds is 5. The molecule has 4 aromatic rings. The van der Waals surface area contributed by atoms with Crippen molar-refractivity contribution in [3.05, 3.63) is 110 Å². The topological polar surface area (TPSA) is 87.5 Å². The van der Waals surface area contributed by atoms with Crippen LogP contribution < -0.4 is 9.03 Å². The number of anilines is 1. The van der Waals surface area contributed by atoms with Crippen LogP contribution in [0.4, 0.5) is 5.69 Å². The van der Waals surface area contributed by atoms with E-state index in [4.69, 9.17) is 28.2 Å². The van der Waals surface area contributed by atoms with Crippen LogP contribution in [0.15, 0.2) is 89.0 Å². The van der Waals surface area contributed by atoms with E-state index >= 15 is 0 Å². The minimum Gasteiger partial charge on any atom is -0.493 e. The molecule has 0 fully saturated rings. The number of benzene rings is 3. The largest absolute Gasteiger partial charge is 0.493 e. The minimum atomic E-state index is -3.90. The van der Waals surface area contributed by atoms with E-state index in [2.05, 4.69) is 20.7 Å². The molecule has 184 valence electrons. The summed E-state index contributed by atoms with van der Waals surface area (Å²) in [5, 5.41) is 10.9. The molecule has 2 heterocycles. The van der Waals surface area contributed by atoms with E-state index < -0.39 is 16.1 Å². The van der Waals surface area contributed by atoms with Gasteiger partial charge in [0.05, 0.1) is 22.1 Å². The molecule has 0 saturated carbocycles. The van der Waals surface area contributed by atoms with Crippen molar-refractivity contribution >= 4 is 55.0 Å². The van der Waals surface area contributed by atoms with E-state index in [9.17, 15) is 13.5 Å². The molecule has 11 heteroatoms. The summed E-state index contributed by atoms with van der Waals surface area (Å²) < 4.78 is 30.9. The van der Waals surface area contributed by atoms with Crippen molar-refractivity contribution in [3.8, 4) is 16.9 Å². The Balaban J connectivity index is 1.57. The lowest BCUT2D eigenvalue weighted by Gasteiger charge is -2.18. The van der Waals surface area contributed by atoms with Gasteiger partial charge in [0, 0.05) is 33.4 Å². The van der Waals surface area contributed by atoms with Crippen LogP contribution in [0.25, 0.3) is 16.9 Å². The number of imidazole rings is 1. The zero-order valence-corrected chi connectivity index (χ0v) is 22.7. The number of nitrogens with one attached hydrogen (secondary N) is 1. The van der Waals surface area contributed by atoms with E-state index in [1.807, 2.05) is 41.1 Å². The maximum atomic E-state index is 12.4. The second kappa shape index (κ2) is 9.48. The third kappa shape index (κ3) is 4.71. The van der Waals surface area contributed by atoms with Gasteiger partial charge in [-0.05, 0) is 67.1 Å². The minimum absolute atomic E-state index is 0.195. The first-order valence-electron chi connectivity index (χ1n) is 10.7. The number of hydrogen-bond donors (Lipinski definition) is 2. The van der Waals surface area contributed by atoms with Crippen LogP contribution in [0.1, 0.15) is 18.3 Å². The lowest BCUT2D eigenvalue weighted by Crippen LogP contribution is -2.30. The molecule has 5 rings (SSSR count). The standard InChI is InChI=1S/C25H19BrCl2N4O3S/c1-15-25(33)30-36(34,35)32(15)20-9-7-19(8-10-20)31-14-23(21-11-6-18(27)13-22(21)28)29-24(31)12-16-2-4-17(26)5-3-16/h2-11,13-14,30,33H,12H2,1H3. The number of aromatic nitrogens is 2. The number of aliphatic hydroxyl groups excluding tert-OH is 1. The van der Waals surface area contributed by atoms with Gasteiger partial charge in [-0.25, -0.2) is 14.0 Å². The lowest BCUT2D eigenvalue weighted by atomic mass is 10.1. The molecule has 1 aromatic heterocycles. The van der Waals surface area contributed by atoms with Crippen LogP contribution in [0.5, 0.6) is 0 Å². The van der Waals surface area contributed by atoms with Crippen LogP contribution in [-0.4, -0.2) is 23.1 Å². The smallest absolute Gasteiger partial charge is 0.330 e. The normalized spacial score (nSPS) is 14.8. The van der Waals surface area contributed by atoms with Gasteiger partial charge in [0.15, 0.2) is 0 Å². The highest BCUT2D eigenvalue weighted by Gasteiger charge is 2.34. The average Bonchev–Trinajstić information content (AvgIpc) is 3.32. The fourth-order valence-corrected chi connectivity index (χ4v) is 6.08. The maximum Gasteiger partial charge on any atom is 0.330 e. The number of halogens is 3. The van der Waals surface area contributed by atoms with Gasteiger partial charge in [-0.3, -0.25) is 0 Å². The first kappa shape index (κ1) is 24.7. The highest BCUT2D eigenvalue weighted by Crippen LogP contribution is 2.33. The van der Waals surface area contributed by atoms with Gasteiger partial charge < -0.3 is 9.67 Å². The predicted octanol–water partition coefficient (Wildman–Crippen LogP) is 6.60. The Labute approximate surface area is 226 Å². The van der Waals surface area contributed by atoms with Crippen LogP contribution in [-0.2, 0) is 16.6 Å². The molecule has 0 saturated heterocycles. The molecule has 0 aliphatic carbocycles. The molecule has 36 heavy (non-hydrogen) atoms. The summed E-state index contributed by atoms with van der Waals surface area (Å²) in [6, 6.07) is 20.2. The molecule has 3 aromatic carbocycles. The molecular weight excluding hydrogens is 587 g/mol. The molecule has 0 unspecified atom stereocenters. The van der Waals surface area contributed by atoms with Gasteiger partial charge in [0.2, 0.25) is 5.88 Å². The van der Waals surface area contributed by atoms with Crippen LogP contribution in [0.3, 0.4) is 0 Å². The number of hydrogen-bond acceptors (Lipinski definition) is 4. The van der Waals surface area contributed by atoms with Gasteiger partial charge in [-0.1, -0.05) is 51.3 Å². The summed E-state index contributed by atoms with van der Waals surface area (Å²) in [6.07, 6.45) is 2.45. The summed E-state index contributed by atoms with van der Waals surface area (Å²) in [7, 11) is -3.90. The van der Waals surface area contributed by atoms with E-state index in [0.29, 0.717) is 27.8 Å². The molecule has 0 atom stereocenters. The van der Waals surface area contributed by atoms with Gasteiger partial charge in [0.1, 0.15) is 5.82 Å². The number of aliphatic hydroxyl groups is 1. The van der Waals surface area contributed by atoms with Crippen LogP contribution in [0.2, 0.25) is 10.0 Å². The Bertz CT molecular complexity index is 1600. The highest BCUT2D eigenvalue weighted by molar-refractivity contribution is 9.10. The Kier molecular flexibility index (Phi) is 6.50. The van der Waals surface area contributed by atoms with Crippen molar-refractivity contribution in [2.45, 2.75) is 13.3 Å². The van der Waals surface area contributed by atoms with Gasteiger partial charge >= 0.3 is 10.2 Å². The molecule has 0 amide bonds. The lowest BCUT2D eigenvalue weighted by molar-refractivity contribution is 0.387. The van der Waals surface area contributed by atoms with E-state index in [0.717, 1.165) is 31.4 Å². The Morgan fingerprint density at radius 3 is 2.28 bits per heavy atom. The van der Waals surface area contributed by atoms with E-state index in [1.165, 1.54) is 6.92 Å². The van der Waals surface area contributed by atoms with Gasteiger partial charge in [-0.15, -0.1) is 0 Å². The van der Waals surface area contributed by atoms with E-state index in [1.54, 1.807) is 36.4 Å². The van der Waals surface area contributed by atoms with Gasteiger partial charge in [-0.2, -0.15) is 8.42 Å². The number of nitrogens with zero attached hydrogens (tertiary/aromatic N) is 3. The molecule has 1 aliphatic rings. The molecule has 0 bridgehead atoms. The second-order valence-electron chi connectivity index (χ2n) is 8.16. The Hall–Kier alpha value is -2.98. The van der Waals surface area contributed by atoms with Crippen molar-refractivity contribution in [3.63, 3.8) is 0 Å². The fraction of sp³-hybridized carbons (Fsp3) is 0.0800. The molecule has 0 spiro atoms. The molecule has 0 radical (unpaired) electrons. The maximum absolute atomic E-state index is 12.4. The summed E-state index contributed by atoms with van der Waals surface area (Å²) in [5.74, 6) is 0.380. The monoisotopic (exact) mass is 604 g/mol. The fourth-order valence-electron chi connectivity index (χ4n) is 3.98. The highest BCUT2D eigenvalue weighted by atomic mass is 79.9. The third-order valence-electron chi connectivity index (χ3n) is 5.74. The van der Waals surface area contributed by atoms with Crippen molar-refractivity contribution in [2.75, 3.05) is 4.31 Å². The Morgan fingerprint density at radius 1 is 1.00 bits per heavy atom. The summed E-state index contributed by atoms with van der Waals surface area (Å²) in [6.45, 7) is 1.52. The zero-order chi connectivity index (χ0) is 25.6. The molecule has 2 N–H and O–H groups in total. The average molecular weight is 606 g/mol. The SMILES string of the molecule is CC1=C(O)NS(=O)(=O)N1c1ccc(-n2cc(-c3ccc(Cl)cc3Cl)nc2Cc2ccc(Br)cc2)cc1.